The molecule has 0 saturated heterocycles. The third-order valence-electron chi connectivity index (χ3n) is 2.10. The lowest BCUT2D eigenvalue weighted by molar-refractivity contribution is 0.0936. The van der Waals surface area contributed by atoms with Crippen LogP contribution in [0.5, 0.6) is 0 Å². The Bertz CT molecular complexity index is 372. The Hall–Kier alpha value is -0.740. The number of hydrogen-bond donors (Lipinski definition) is 1. The van der Waals surface area contributed by atoms with Gasteiger partial charge in [-0.25, -0.2) is 0 Å². The van der Waals surface area contributed by atoms with Crippen molar-refractivity contribution in [1.82, 2.24) is 5.32 Å². The van der Waals surface area contributed by atoms with Gasteiger partial charge in [0.1, 0.15) is 6.17 Å². The number of halogens is 2. The quantitative estimate of drug-likeness (QED) is 0.629. The maximum atomic E-state index is 11.6. The molecule has 0 spiro atoms. The summed E-state index contributed by atoms with van der Waals surface area (Å²) >= 11 is 9.10. The standard InChI is InChI=1S/C9H8BrClN2O/c10-13-7-4-2-1-3-6(7)9(14)12-8(13)5-11/h1-4,8H,5H2,(H,12,14). The third-order valence-corrected chi connectivity index (χ3v) is 3.27. The van der Waals surface area contributed by atoms with Gasteiger partial charge in [0.25, 0.3) is 5.91 Å². The predicted molar refractivity (Wildman–Crippen MR) is 59.8 cm³/mol. The van der Waals surface area contributed by atoms with Gasteiger partial charge in [-0.2, -0.15) is 0 Å². The molecular formula is C9H8BrClN2O. The molecule has 1 aliphatic heterocycles. The second-order valence-corrected chi connectivity index (χ2v) is 4.04. The zero-order valence-electron chi connectivity index (χ0n) is 7.21. The highest BCUT2D eigenvalue weighted by Gasteiger charge is 2.28. The topological polar surface area (TPSA) is 32.3 Å². The van der Waals surface area contributed by atoms with Crippen molar-refractivity contribution < 1.29 is 4.79 Å². The fourth-order valence-corrected chi connectivity index (χ4v) is 2.34. The van der Waals surface area contributed by atoms with Crippen LogP contribution < -0.4 is 9.24 Å². The first-order chi connectivity index (χ1) is 6.74. The summed E-state index contributed by atoms with van der Waals surface area (Å²) in [5.41, 5.74) is 1.51. The fourth-order valence-electron chi connectivity index (χ4n) is 1.40. The van der Waals surface area contributed by atoms with Crippen molar-refractivity contribution in [2.75, 3.05) is 9.81 Å². The molecule has 0 aromatic heterocycles. The van der Waals surface area contributed by atoms with E-state index in [0.717, 1.165) is 5.69 Å². The van der Waals surface area contributed by atoms with E-state index in [4.69, 9.17) is 11.6 Å². The van der Waals surface area contributed by atoms with Crippen LogP contribution in [0.25, 0.3) is 0 Å². The molecule has 5 heteroatoms. The smallest absolute Gasteiger partial charge is 0.255 e. The molecule has 74 valence electrons. The SMILES string of the molecule is O=C1NC(CCl)N(Br)c2ccccc21. The minimum absolute atomic E-state index is 0.0815. The Morgan fingerprint density at radius 1 is 1.50 bits per heavy atom. The Labute approximate surface area is 95.4 Å². The maximum Gasteiger partial charge on any atom is 0.255 e. The first-order valence-electron chi connectivity index (χ1n) is 4.15. The van der Waals surface area contributed by atoms with Gasteiger partial charge >= 0.3 is 0 Å². The van der Waals surface area contributed by atoms with Crippen molar-refractivity contribution in [3.05, 3.63) is 29.8 Å². The van der Waals surface area contributed by atoms with Gasteiger partial charge in [0, 0.05) is 0 Å². The number of para-hydroxylation sites is 1. The Morgan fingerprint density at radius 2 is 2.21 bits per heavy atom. The molecule has 1 aliphatic rings. The average molecular weight is 276 g/mol. The van der Waals surface area contributed by atoms with Crippen LogP contribution in [0.3, 0.4) is 0 Å². The summed E-state index contributed by atoms with van der Waals surface area (Å²) in [5, 5.41) is 2.78. The number of carbonyl (C=O) groups excluding carboxylic acids is 1. The van der Waals surface area contributed by atoms with E-state index in [-0.39, 0.29) is 12.1 Å². The zero-order chi connectivity index (χ0) is 10.1. The molecule has 0 aliphatic carbocycles. The van der Waals surface area contributed by atoms with Gasteiger partial charge < -0.3 is 5.32 Å². The van der Waals surface area contributed by atoms with Crippen LogP contribution in [-0.2, 0) is 0 Å². The summed E-state index contributed by atoms with van der Waals surface area (Å²) in [6.45, 7) is 0. The van der Waals surface area contributed by atoms with Crippen molar-refractivity contribution in [3.63, 3.8) is 0 Å². The predicted octanol–water partition coefficient (Wildman–Crippen LogP) is 2.11. The van der Waals surface area contributed by atoms with E-state index < -0.39 is 0 Å². The lowest BCUT2D eigenvalue weighted by atomic mass is 10.1. The lowest BCUT2D eigenvalue weighted by Gasteiger charge is -2.32. The molecule has 1 N–H and O–H groups in total. The van der Waals surface area contributed by atoms with E-state index >= 15 is 0 Å². The van der Waals surface area contributed by atoms with Gasteiger partial charge in [-0.1, -0.05) is 12.1 Å². The van der Waals surface area contributed by atoms with Crippen LogP contribution in [0.15, 0.2) is 24.3 Å². The van der Waals surface area contributed by atoms with Crippen LogP contribution in [0.2, 0.25) is 0 Å². The number of alkyl halides is 1. The van der Waals surface area contributed by atoms with Gasteiger partial charge in [-0.15, -0.1) is 11.6 Å². The number of carbonyl (C=O) groups is 1. The third kappa shape index (κ3) is 1.48. The molecule has 1 aromatic rings. The number of fused-ring (bicyclic) bond motifs is 1. The first kappa shape index (κ1) is 9.80. The summed E-state index contributed by atoms with van der Waals surface area (Å²) in [6.07, 6.45) is -0.195. The van der Waals surface area contributed by atoms with E-state index in [2.05, 4.69) is 21.5 Å². The van der Waals surface area contributed by atoms with Gasteiger partial charge in [0.05, 0.1) is 33.3 Å². The molecule has 1 heterocycles. The van der Waals surface area contributed by atoms with Crippen molar-refractivity contribution in [3.8, 4) is 0 Å². The average Bonchev–Trinajstić information content (AvgIpc) is 2.23. The molecule has 0 saturated carbocycles. The molecule has 1 unspecified atom stereocenters. The molecule has 1 amide bonds. The van der Waals surface area contributed by atoms with E-state index in [1.165, 1.54) is 0 Å². The summed E-state index contributed by atoms with van der Waals surface area (Å²) < 4.78 is 1.79. The summed E-state index contributed by atoms with van der Waals surface area (Å²) in [6, 6.07) is 7.38. The Balaban J connectivity index is 2.46. The van der Waals surface area contributed by atoms with Crippen LogP contribution in [-0.4, -0.2) is 18.0 Å². The Morgan fingerprint density at radius 3 is 2.93 bits per heavy atom. The number of nitrogens with zero attached hydrogens (tertiary/aromatic N) is 1. The van der Waals surface area contributed by atoms with E-state index in [1.54, 1.807) is 9.99 Å². The molecule has 0 bridgehead atoms. The molecule has 1 atom stereocenters. The zero-order valence-corrected chi connectivity index (χ0v) is 9.55. The number of rotatable bonds is 1. The van der Waals surface area contributed by atoms with Crippen molar-refractivity contribution >= 4 is 39.3 Å². The molecule has 3 nitrogen and oxygen atoms in total. The highest BCUT2D eigenvalue weighted by molar-refractivity contribution is 9.10. The number of hydrogen-bond acceptors (Lipinski definition) is 2. The minimum atomic E-state index is -0.195. The summed E-state index contributed by atoms with van der Waals surface area (Å²) in [7, 11) is 0. The monoisotopic (exact) mass is 274 g/mol. The summed E-state index contributed by atoms with van der Waals surface area (Å²) in [5.74, 6) is 0.257. The number of anilines is 1. The van der Waals surface area contributed by atoms with Crippen LogP contribution in [0.4, 0.5) is 5.69 Å². The molecule has 1 aromatic carbocycles. The van der Waals surface area contributed by atoms with Gasteiger partial charge in [0.15, 0.2) is 0 Å². The largest absolute Gasteiger partial charge is 0.330 e. The number of nitrogens with one attached hydrogen (secondary N) is 1. The minimum Gasteiger partial charge on any atom is -0.330 e. The van der Waals surface area contributed by atoms with Crippen molar-refractivity contribution in [2.45, 2.75) is 6.17 Å². The normalized spacial score (nSPS) is 20.3. The van der Waals surface area contributed by atoms with Crippen molar-refractivity contribution in [2.24, 2.45) is 0 Å². The van der Waals surface area contributed by atoms with E-state index in [9.17, 15) is 4.79 Å². The van der Waals surface area contributed by atoms with E-state index in [1.807, 2.05) is 18.2 Å². The van der Waals surface area contributed by atoms with Gasteiger partial charge in [-0.05, 0) is 12.1 Å². The van der Waals surface area contributed by atoms with E-state index in [0.29, 0.717) is 11.4 Å². The second kappa shape index (κ2) is 3.79. The van der Waals surface area contributed by atoms with Crippen LogP contribution in [0.1, 0.15) is 10.4 Å². The molecule has 14 heavy (non-hydrogen) atoms. The highest BCUT2D eigenvalue weighted by atomic mass is 79.9. The van der Waals surface area contributed by atoms with Crippen LogP contribution >= 0.6 is 27.7 Å². The van der Waals surface area contributed by atoms with Crippen LogP contribution in [0, 0.1) is 0 Å². The number of benzene rings is 1. The molecular weight excluding hydrogens is 267 g/mol. The highest BCUT2D eigenvalue weighted by Crippen LogP contribution is 2.28. The second-order valence-electron chi connectivity index (χ2n) is 2.97. The first-order valence-corrected chi connectivity index (χ1v) is 5.39. The molecule has 0 fully saturated rings. The fraction of sp³-hybridized carbons (Fsp3) is 0.222. The Kier molecular flexibility index (Phi) is 2.65. The lowest BCUT2D eigenvalue weighted by Crippen LogP contribution is -2.49. The maximum absolute atomic E-state index is 11.6. The summed E-state index contributed by atoms with van der Waals surface area (Å²) in [4.78, 5) is 11.6. The van der Waals surface area contributed by atoms with Gasteiger partial charge in [-0.3, -0.25) is 8.72 Å². The molecule has 0 radical (unpaired) electrons. The van der Waals surface area contributed by atoms with Crippen molar-refractivity contribution in [1.29, 1.82) is 0 Å². The molecule has 2 rings (SSSR count). The van der Waals surface area contributed by atoms with Gasteiger partial charge in [0.2, 0.25) is 0 Å². The number of amides is 1.